The van der Waals surface area contributed by atoms with Gasteiger partial charge < -0.3 is 4.90 Å². The third-order valence-corrected chi connectivity index (χ3v) is 3.46. The van der Waals surface area contributed by atoms with E-state index in [9.17, 15) is 10.1 Å². The molecule has 5 heteroatoms. The zero-order valence-electron chi connectivity index (χ0n) is 10.9. The predicted molar refractivity (Wildman–Crippen MR) is 72.0 cm³/mol. The highest BCUT2D eigenvalue weighted by atomic mass is 16.6. The fourth-order valence-electron chi connectivity index (χ4n) is 2.37. The minimum atomic E-state index is -0.301. The van der Waals surface area contributed by atoms with E-state index < -0.39 is 0 Å². The molecule has 1 aromatic rings. The van der Waals surface area contributed by atoms with Crippen molar-refractivity contribution in [2.75, 3.05) is 31.1 Å². The largest absolute Gasteiger partial charge is 0.363 e. The number of hydrogen-bond acceptors (Lipinski definition) is 4. The second-order valence-corrected chi connectivity index (χ2v) is 4.86. The molecule has 0 amide bonds. The third kappa shape index (κ3) is 2.61. The van der Waals surface area contributed by atoms with Crippen LogP contribution in [0.15, 0.2) is 24.3 Å². The summed E-state index contributed by atoms with van der Waals surface area (Å²) in [6.07, 6.45) is 0. The van der Waals surface area contributed by atoms with E-state index in [1.54, 1.807) is 12.1 Å². The highest BCUT2D eigenvalue weighted by Crippen LogP contribution is 2.28. The van der Waals surface area contributed by atoms with E-state index in [-0.39, 0.29) is 10.6 Å². The molecule has 0 atom stereocenters. The van der Waals surface area contributed by atoms with Gasteiger partial charge in [-0.1, -0.05) is 12.1 Å². The molecule has 0 spiro atoms. The number of para-hydroxylation sites is 2. The quantitative estimate of drug-likeness (QED) is 0.608. The van der Waals surface area contributed by atoms with Gasteiger partial charge in [0.15, 0.2) is 0 Å². The molecule has 1 heterocycles. The van der Waals surface area contributed by atoms with Gasteiger partial charge in [0.25, 0.3) is 5.69 Å². The zero-order valence-corrected chi connectivity index (χ0v) is 10.9. The summed E-state index contributed by atoms with van der Waals surface area (Å²) in [5.41, 5.74) is 0.946. The normalized spacial score (nSPS) is 17.2. The number of nitro benzene ring substituents is 1. The van der Waals surface area contributed by atoms with Gasteiger partial charge in [0.1, 0.15) is 5.69 Å². The lowest BCUT2D eigenvalue weighted by molar-refractivity contribution is -0.384. The molecule has 1 aromatic carbocycles. The lowest BCUT2D eigenvalue weighted by atomic mass is 10.2. The first kappa shape index (κ1) is 12.8. The van der Waals surface area contributed by atoms with Crippen LogP contribution < -0.4 is 4.90 Å². The molecule has 0 unspecified atom stereocenters. The summed E-state index contributed by atoms with van der Waals surface area (Å²) in [4.78, 5) is 15.2. The Labute approximate surface area is 107 Å². The fraction of sp³-hybridized carbons (Fsp3) is 0.538. The van der Waals surface area contributed by atoms with Crippen LogP contribution in [0, 0.1) is 10.1 Å². The maximum Gasteiger partial charge on any atom is 0.292 e. The number of anilines is 1. The number of benzene rings is 1. The summed E-state index contributed by atoms with van der Waals surface area (Å²) >= 11 is 0. The SMILES string of the molecule is CC(C)N1CCN(c2ccccc2[N+](=O)[O-])CC1. The maximum absolute atomic E-state index is 11.0. The second-order valence-electron chi connectivity index (χ2n) is 4.86. The minimum absolute atomic E-state index is 0.204. The first-order valence-corrected chi connectivity index (χ1v) is 6.32. The van der Waals surface area contributed by atoms with Crippen molar-refractivity contribution < 1.29 is 4.92 Å². The van der Waals surface area contributed by atoms with Crippen LogP contribution >= 0.6 is 0 Å². The zero-order chi connectivity index (χ0) is 13.1. The third-order valence-electron chi connectivity index (χ3n) is 3.46. The molecule has 0 bridgehead atoms. The topological polar surface area (TPSA) is 49.6 Å². The van der Waals surface area contributed by atoms with Crippen LogP contribution in [0.3, 0.4) is 0 Å². The van der Waals surface area contributed by atoms with E-state index in [2.05, 4.69) is 23.6 Å². The number of hydrogen-bond donors (Lipinski definition) is 0. The van der Waals surface area contributed by atoms with Crippen molar-refractivity contribution >= 4 is 11.4 Å². The van der Waals surface area contributed by atoms with Gasteiger partial charge in [-0.2, -0.15) is 0 Å². The molecular formula is C13H19N3O2. The Morgan fingerprint density at radius 3 is 2.33 bits per heavy atom. The molecular weight excluding hydrogens is 230 g/mol. The average Bonchev–Trinajstić information content (AvgIpc) is 2.39. The van der Waals surface area contributed by atoms with Gasteiger partial charge >= 0.3 is 0 Å². The molecule has 98 valence electrons. The highest BCUT2D eigenvalue weighted by molar-refractivity contribution is 5.63. The Morgan fingerprint density at radius 2 is 1.78 bits per heavy atom. The van der Waals surface area contributed by atoms with Crippen molar-refractivity contribution in [3.8, 4) is 0 Å². The van der Waals surface area contributed by atoms with Gasteiger partial charge in [-0.3, -0.25) is 15.0 Å². The summed E-state index contributed by atoms with van der Waals surface area (Å²) in [5, 5.41) is 11.0. The molecule has 0 saturated carbocycles. The van der Waals surface area contributed by atoms with Crippen molar-refractivity contribution in [1.82, 2.24) is 4.90 Å². The van der Waals surface area contributed by atoms with Crippen LogP contribution in [0.25, 0.3) is 0 Å². The molecule has 18 heavy (non-hydrogen) atoms. The molecule has 0 aromatic heterocycles. The summed E-state index contributed by atoms with van der Waals surface area (Å²) < 4.78 is 0. The van der Waals surface area contributed by atoms with E-state index >= 15 is 0 Å². The molecule has 0 radical (unpaired) electrons. The number of rotatable bonds is 3. The predicted octanol–water partition coefficient (Wildman–Crippen LogP) is 2.13. The van der Waals surface area contributed by atoms with Gasteiger partial charge in [-0.05, 0) is 19.9 Å². The van der Waals surface area contributed by atoms with Gasteiger partial charge in [0, 0.05) is 38.3 Å². The van der Waals surface area contributed by atoms with E-state index in [1.807, 2.05) is 12.1 Å². The van der Waals surface area contributed by atoms with Gasteiger partial charge in [0.2, 0.25) is 0 Å². The number of nitro groups is 1. The smallest absolute Gasteiger partial charge is 0.292 e. The van der Waals surface area contributed by atoms with Crippen LogP contribution in [-0.2, 0) is 0 Å². The summed E-state index contributed by atoms with van der Waals surface area (Å²) in [6.45, 7) is 7.99. The van der Waals surface area contributed by atoms with E-state index in [0.29, 0.717) is 6.04 Å². The van der Waals surface area contributed by atoms with Crippen molar-refractivity contribution in [3.63, 3.8) is 0 Å². The van der Waals surface area contributed by atoms with Gasteiger partial charge in [-0.25, -0.2) is 0 Å². The fourth-order valence-corrected chi connectivity index (χ4v) is 2.37. The van der Waals surface area contributed by atoms with Crippen molar-refractivity contribution in [2.45, 2.75) is 19.9 Å². The summed E-state index contributed by atoms with van der Waals surface area (Å²) in [7, 11) is 0. The average molecular weight is 249 g/mol. The van der Waals surface area contributed by atoms with Crippen molar-refractivity contribution in [2.24, 2.45) is 0 Å². The monoisotopic (exact) mass is 249 g/mol. The minimum Gasteiger partial charge on any atom is -0.363 e. The first-order chi connectivity index (χ1) is 8.59. The molecule has 0 aliphatic carbocycles. The van der Waals surface area contributed by atoms with Crippen LogP contribution in [0.5, 0.6) is 0 Å². The van der Waals surface area contributed by atoms with E-state index in [4.69, 9.17) is 0 Å². The molecule has 2 rings (SSSR count). The number of nitrogens with zero attached hydrogens (tertiary/aromatic N) is 3. The molecule has 1 saturated heterocycles. The van der Waals surface area contributed by atoms with Crippen molar-refractivity contribution in [3.05, 3.63) is 34.4 Å². The first-order valence-electron chi connectivity index (χ1n) is 6.32. The van der Waals surface area contributed by atoms with E-state index in [0.717, 1.165) is 31.9 Å². The Morgan fingerprint density at radius 1 is 1.17 bits per heavy atom. The Kier molecular flexibility index (Phi) is 3.81. The standard InChI is InChI=1S/C13H19N3O2/c1-11(2)14-7-9-15(10-8-14)12-5-3-4-6-13(12)16(17)18/h3-6,11H,7-10H2,1-2H3. The van der Waals surface area contributed by atoms with Gasteiger partial charge in [-0.15, -0.1) is 0 Å². The Hall–Kier alpha value is -1.62. The number of piperazine rings is 1. The maximum atomic E-state index is 11.0. The van der Waals surface area contributed by atoms with Crippen LogP contribution in [0.1, 0.15) is 13.8 Å². The molecule has 1 aliphatic heterocycles. The Balaban J connectivity index is 2.12. The Bertz CT molecular complexity index is 426. The lowest BCUT2D eigenvalue weighted by Gasteiger charge is -2.37. The van der Waals surface area contributed by atoms with Crippen LogP contribution in [-0.4, -0.2) is 42.0 Å². The highest BCUT2D eigenvalue weighted by Gasteiger charge is 2.23. The van der Waals surface area contributed by atoms with Crippen LogP contribution in [0.4, 0.5) is 11.4 Å². The van der Waals surface area contributed by atoms with Gasteiger partial charge in [0.05, 0.1) is 4.92 Å². The molecule has 1 fully saturated rings. The summed E-state index contributed by atoms with van der Waals surface area (Å²) in [5.74, 6) is 0. The summed E-state index contributed by atoms with van der Waals surface area (Å²) in [6, 6.07) is 7.52. The van der Waals surface area contributed by atoms with Crippen molar-refractivity contribution in [1.29, 1.82) is 0 Å². The lowest BCUT2D eigenvalue weighted by Crippen LogP contribution is -2.49. The molecule has 5 nitrogen and oxygen atoms in total. The molecule has 1 aliphatic rings. The van der Waals surface area contributed by atoms with Crippen LogP contribution in [0.2, 0.25) is 0 Å². The second kappa shape index (κ2) is 5.35. The molecule has 0 N–H and O–H groups in total. The van der Waals surface area contributed by atoms with E-state index in [1.165, 1.54) is 0 Å².